The third-order valence-corrected chi connectivity index (χ3v) is 2.24. The van der Waals surface area contributed by atoms with Crippen molar-refractivity contribution in [3.8, 4) is 0 Å². The minimum atomic E-state index is -1.44. The molecule has 0 spiro atoms. The highest BCUT2D eigenvalue weighted by atomic mass is 19.2. The summed E-state index contributed by atoms with van der Waals surface area (Å²) >= 11 is 0. The second kappa shape index (κ2) is 5.01. The van der Waals surface area contributed by atoms with Gasteiger partial charge in [-0.15, -0.1) is 0 Å². The van der Waals surface area contributed by atoms with Crippen molar-refractivity contribution < 1.29 is 13.2 Å². The number of H-pyrrole nitrogens is 1. The van der Waals surface area contributed by atoms with Gasteiger partial charge in [-0.2, -0.15) is 0 Å². The summed E-state index contributed by atoms with van der Waals surface area (Å²) < 4.78 is 38.4. The number of halogens is 3. The van der Waals surface area contributed by atoms with Gasteiger partial charge < -0.3 is 10.3 Å². The summed E-state index contributed by atoms with van der Waals surface area (Å²) in [4.78, 5) is 6.70. The molecule has 6 heteroatoms. The smallest absolute Gasteiger partial charge is 0.194 e. The molecule has 0 aliphatic heterocycles. The molecule has 0 aliphatic carbocycles. The molecule has 2 rings (SSSR count). The highest BCUT2D eigenvalue weighted by molar-refractivity contribution is 5.19. The van der Waals surface area contributed by atoms with Crippen molar-refractivity contribution in [3.63, 3.8) is 0 Å². The molecule has 3 nitrogen and oxygen atoms in total. The minimum Gasteiger partial charge on any atom is -0.347 e. The van der Waals surface area contributed by atoms with Crippen LogP contribution in [-0.4, -0.2) is 9.97 Å². The fraction of sp³-hybridized carbons (Fsp3) is 0.182. The van der Waals surface area contributed by atoms with E-state index in [1.807, 2.05) is 0 Å². The van der Waals surface area contributed by atoms with E-state index in [0.29, 0.717) is 12.1 Å². The Morgan fingerprint density at radius 3 is 2.41 bits per heavy atom. The van der Waals surface area contributed by atoms with Crippen LogP contribution in [0.25, 0.3) is 0 Å². The van der Waals surface area contributed by atoms with E-state index in [1.54, 1.807) is 6.20 Å². The van der Waals surface area contributed by atoms with Crippen LogP contribution in [0.5, 0.6) is 0 Å². The van der Waals surface area contributed by atoms with Gasteiger partial charge in [-0.05, 0) is 17.7 Å². The van der Waals surface area contributed by atoms with E-state index in [-0.39, 0.29) is 6.54 Å². The van der Waals surface area contributed by atoms with Crippen LogP contribution in [0.4, 0.5) is 13.2 Å². The summed E-state index contributed by atoms with van der Waals surface area (Å²) in [6.07, 6.45) is 3.17. The zero-order valence-electron chi connectivity index (χ0n) is 8.80. The number of benzene rings is 1. The fourth-order valence-electron chi connectivity index (χ4n) is 1.43. The number of hydrogen-bond acceptors (Lipinski definition) is 2. The van der Waals surface area contributed by atoms with Crippen molar-refractivity contribution in [3.05, 3.63) is 53.4 Å². The van der Waals surface area contributed by atoms with Gasteiger partial charge in [0, 0.05) is 25.0 Å². The monoisotopic (exact) mass is 241 g/mol. The van der Waals surface area contributed by atoms with Gasteiger partial charge in [-0.3, -0.25) is 0 Å². The molecule has 90 valence electrons. The third-order valence-electron chi connectivity index (χ3n) is 2.24. The van der Waals surface area contributed by atoms with Crippen LogP contribution in [0.15, 0.2) is 24.7 Å². The second-order valence-corrected chi connectivity index (χ2v) is 3.55. The molecule has 2 N–H and O–H groups in total. The predicted octanol–water partition coefficient (Wildman–Crippen LogP) is 2.12. The predicted molar refractivity (Wildman–Crippen MR) is 55.4 cm³/mol. The maximum atomic E-state index is 12.9. The molecule has 0 saturated carbocycles. The average molecular weight is 241 g/mol. The van der Waals surface area contributed by atoms with Crippen LogP contribution in [0.3, 0.4) is 0 Å². The van der Waals surface area contributed by atoms with Gasteiger partial charge in [0.1, 0.15) is 0 Å². The lowest BCUT2D eigenvalue weighted by Crippen LogP contribution is -2.13. The molecular formula is C11H10F3N3. The number of imidazole rings is 1. The zero-order valence-corrected chi connectivity index (χ0v) is 8.80. The van der Waals surface area contributed by atoms with Crippen LogP contribution in [0.2, 0.25) is 0 Å². The standard InChI is InChI=1S/C11H10F3N3/c12-9-1-7(2-10(13)11(9)14)3-15-4-8-5-16-6-17-8/h1-2,5-6,15H,3-4H2,(H,16,17). The summed E-state index contributed by atoms with van der Waals surface area (Å²) in [6, 6.07) is 1.94. The molecule has 1 aromatic carbocycles. The first-order chi connectivity index (χ1) is 8.16. The van der Waals surface area contributed by atoms with Gasteiger partial charge in [0.2, 0.25) is 0 Å². The first kappa shape index (κ1) is 11.7. The van der Waals surface area contributed by atoms with E-state index in [2.05, 4.69) is 15.3 Å². The molecular weight excluding hydrogens is 231 g/mol. The SMILES string of the molecule is Fc1cc(CNCc2cnc[nH]2)cc(F)c1F. The van der Waals surface area contributed by atoms with E-state index < -0.39 is 17.5 Å². The Morgan fingerprint density at radius 1 is 1.12 bits per heavy atom. The van der Waals surface area contributed by atoms with Gasteiger partial charge in [-0.1, -0.05) is 0 Å². The number of rotatable bonds is 4. The van der Waals surface area contributed by atoms with Crippen molar-refractivity contribution in [2.45, 2.75) is 13.1 Å². The highest BCUT2D eigenvalue weighted by Gasteiger charge is 2.09. The van der Waals surface area contributed by atoms with Crippen LogP contribution in [0, 0.1) is 17.5 Å². The van der Waals surface area contributed by atoms with Crippen molar-refractivity contribution in [2.75, 3.05) is 0 Å². The number of aromatic amines is 1. The molecule has 1 heterocycles. The second-order valence-electron chi connectivity index (χ2n) is 3.55. The Bertz CT molecular complexity index is 474. The summed E-state index contributed by atoms with van der Waals surface area (Å²) in [5, 5.41) is 2.95. The van der Waals surface area contributed by atoms with Crippen molar-refractivity contribution >= 4 is 0 Å². The first-order valence-electron chi connectivity index (χ1n) is 4.98. The fourth-order valence-corrected chi connectivity index (χ4v) is 1.43. The molecule has 17 heavy (non-hydrogen) atoms. The molecule has 0 saturated heterocycles. The van der Waals surface area contributed by atoms with Gasteiger partial charge in [0.25, 0.3) is 0 Å². The van der Waals surface area contributed by atoms with Gasteiger partial charge in [-0.25, -0.2) is 18.2 Å². The number of nitrogens with zero attached hydrogens (tertiary/aromatic N) is 1. The maximum Gasteiger partial charge on any atom is 0.194 e. The van der Waals surface area contributed by atoms with Crippen molar-refractivity contribution in [1.29, 1.82) is 0 Å². The van der Waals surface area contributed by atoms with Crippen LogP contribution in [0.1, 0.15) is 11.3 Å². The first-order valence-corrected chi connectivity index (χ1v) is 4.98. The van der Waals surface area contributed by atoms with Crippen LogP contribution in [-0.2, 0) is 13.1 Å². The molecule has 0 radical (unpaired) electrons. The third kappa shape index (κ3) is 2.85. The van der Waals surface area contributed by atoms with E-state index in [9.17, 15) is 13.2 Å². The molecule has 0 atom stereocenters. The Kier molecular flexibility index (Phi) is 3.43. The molecule has 0 unspecified atom stereocenters. The molecule has 0 aliphatic rings. The summed E-state index contributed by atoms with van der Waals surface area (Å²) in [5.41, 5.74) is 1.20. The van der Waals surface area contributed by atoms with E-state index in [0.717, 1.165) is 17.8 Å². The number of nitrogens with one attached hydrogen (secondary N) is 2. The lowest BCUT2D eigenvalue weighted by atomic mass is 10.2. The molecule has 2 aromatic rings. The molecule has 0 amide bonds. The Morgan fingerprint density at radius 2 is 1.82 bits per heavy atom. The average Bonchev–Trinajstić information content (AvgIpc) is 2.79. The van der Waals surface area contributed by atoms with E-state index in [1.165, 1.54) is 6.33 Å². The van der Waals surface area contributed by atoms with E-state index >= 15 is 0 Å². The number of aromatic nitrogens is 2. The summed E-state index contributed by atoms with van der Waals surface area (Å²) in [7, 11) is 0. The highest BCUT2D eigenvalue weighted by Crippen LogP contribution is 2.13. The van der Waals surface area contributed by atoms with Gasteiger partial charge in [0.05, 0.1) is 6.33 Å². The van der Waals surface area contributed by atoms with Gasteiger partial charge in [0.15, 0.2) is 17.5 Å². The molecule has 1 aromatic heterocycles. The maximum absolute atomic E-state index is 12.9. The summed E-state index contributed by atoms with van der Waals surface area (Å²) in [5.74, 6) is -3.80. The Balaban J connectivity index is 1.95. The van der Waals surface area contributed by atoms with Crippen LogP contribution >= 0.6 is 0 Å². The molecule has 0 fully saturated rings. The lowest BCUT2D eigenvalue weighted by Gasteiger charge is -2.04. The van der Waals surface area contributed by atoms with Gasteiger partial charge >= 0.3 is 0 Å². The topological polar surface area (TPSA) is 40.7 Å². The van der Waals surface area contributed by atoms with Crippen molar-refractivity contribution in [2.24, 2.45) is 0 Å². The van der Waals surface area contributed by atoms with Crippen LogP contribution < -0.4 is 5.32 Å². The minimum absolute atomic E-state index is 0.243. The quantitative estimate of drug-likeness (QED) is 0.805. The lowest BCUT2D eigenvalue weighted by molar-refractivity contribution is 0.444. The molecule has 0 bridgehead atoms. The summed E-state index contributed by atoms with van der Waals surface area (Å²) in [6.45, 7) is 0.730. The zero-order chi connectivity index (χ0) is 12.3. The van der Waals surface area contributed by atoms with Crippen molar-refractivity contribution in [1.82, 2.24) is 15.3 Å². The van der Waals surface area contributed by atoms with E-state index in [4.69, 9.17) is 0 Å². The Labute approximate surface area is 95.7 Å². The largest absolute Gasteiger partial charge is 0.347 e. The number of hydrogen-bond donors (Lipinski definition) is 2. The normalized spacial score (nSPS) is 10.8. The Hall–Kier alpha value is -1.82.